The number of carbonyl (C=O) groups excluding carboxylic acids is 1. The molecule has 0 aliphatic heterocycles. The molecule has 1 rings (SSSR count). The van der Waals surface area contributed by atoms with E-state index >= 15 is 0 Å². The van der Waals surface area contributed by atoms with Crippen LogP contribution < -0.4 is 5.32 Å². The average molecular weight is 313 g/mol. The largest absolute Gasteiger partial charge is 0.478 e. The normalized spacial score (nSPS) is 24.2. The minimum atomic E-state index is -1.68. The van der Waals surface area contributed by atoms with Crippen LogP contribution in [0, 0.1) is 22.7 Å². The first-order chi connectivity index (χ1) is 9.92. The van der Waals surface area contributed by atoms with Crippen molar-refractivity contribution in [1.29, 1.82) is 0 Å². The third-order valence-corrected chi connectivity index (χ3v) is 4.89. The second-order valence-electron chi connectivity index (χ2n) is 8.19. The predicted molar refractivity (Wildman–Crippen MR) is 85.3 cm³/mol. The number of hydrogen-bond acceptors (Lipinski definition) is 3. The highest BCUT2D eigenvalue weighted by atomic mass is 16.5. The summed E-state index contributed by atoms with van der Waals surface area (Å²) in [4.78, 5) is 24.5. The molecule has 1 aliphatic rings. The number of carbonyl (C=O) groups is 2. The van der Waals surface area contributed by atoms with E-state index in [0.717, 1.165) is 12.8 Å². The molecule has 1 fully saturated rings. The molecule has 0 aromatic heterocycles. The topological polar surface area (TPSA) is 75.6 Å². The van der Waals surface area contributed by atoms with Gasteiger partial charge in [0.25, 0.3) is 0 Å². The van der Waals surface area contributed by atoms with Crippen LogP contribution in [0.25, 0.3) is 0 Å². The zero-order chi connectivity index (χ0) is 17.3. The van der Waals surface area contributed by atoms with Gasteiger partial charge in [-0.15, -0.1) is 0 Å². The van der Waals surface area contributed by atoms with Crippen molar-refractivity contribution < 1.29 is 19.4 Å². The van der Waals surface area contributed by atoms with Gasteiger partial charge in [-0.25, -0.2) is 4.79 Å². The Labute approximate surface area is 133 Å². The van der Waals surface area contributed by atoms with E-state index < -0.39 is 11.7 Å². The van der Waals surface area contributed by atoms with Gasteiger partial charge in [-0.2, -0.15) is 0 Å². The number of ether oxygens (including phenoxy) is 1. The molecule has 0 bridgehead atoms. The number of carboxylic acid groups (broad SMARTS) is 1. The lowest BCUT2D eigenvalue weighted by molar-refractivity contribution is -0.187. The van der Waals surface area contributed by atoms with Gasteiger partial charge in [-0.1, -0.05) is 48.0 Å². The van der Waals surface area contributed by atoms with Crippen LogP contribution in [0.4, 0.5) is 0 Å². The van der Waals surface area contributed by atoms with E-state index in [1.807, 2.05) is 41.5 Å². The van der Waals surface area contributed by atoms with Crippen LogP contribution in [0.15, 0.2) is 0 Å². The molecule has 5 heteroatoms. The Kier molecular flexibility index (Phi) is 5.33. The Balaban J connectivity index is 3.13. The molecule has 1 aliphatic carbocycles. The molecule has 0 saturated heterocycles. The van der Waals surface area contributed by atoms with E-state index in [2.05, 4.69) is 5.32 Å². The van der Waals surface area contributed by atoms with Gasteiger partial charge in [0.2, 0.25) is 11.6 Å². The van der Waals surface area contributed by atoms with Gasteiger partial charge in [0.05, 0.1) is 0 Å². The van der Waals surface area contributed by atoms with E-state index in [9.17, 15) is 14.7 Å². The maximum absolute atomic E-state index is 12.5. The summed E-state index contributed by atoms with van der Waals surface area (Å²) < 4.78 is 5.43. The molecular weight excluding hydrogens is 282 g/mol. The average Bonchev–Trinajstić information content (AvgIpc) is 3.01. The van der Waals surface area contributed by atoms with Crippen LogP contribution in [-0.2, 0) is 14.3 Å². The lowest BCUT2D eigenvalue weighted by atomic mass is 9.71. The fourth-order valence-corrected chi connectivity index (χ4v) is 3.29. The maximum Gasteiger partial charge on any atom is 0.357 e. The summed E-state index contributed by atoms with van der Waals surface area (Å²) in [6.45, 7) is 12.0. The fraction of sp³-hybridized carbons (Fsp3) is 0.882. The Morgan fingerprint density at radius 3 is 2.14 bits per heavy atom. The van der Waals surface area contributed by atoms with Gasteiger partial charge in [0, 0.05) is 18.9 Å². The zero-order valence-electron chi connectivity index (χ0n) is 14.9. The maximum atomic E-state index is 12.5. The van der Waals surface area contributed by atoms with Crippen molar-refractivity contribution in [1.82, 2.24) is 5.32 Å². The lowest BCUT2D eigenvalue weighted by Gasteiger charge is -2.43. The summed E-state index contributed by atoms with van der Waals surface area (Å²) in [7, 11) is 1.36. The van der Waals surface area contributed by atoms with Crippen molar-refractivity contribution in [3.8, 4) is 0 Å². The van der Waals surface area contributed by atoms with Crippen molar-refractivity contribution in [3.63, 3.8) is 0 Å². The van der Waals surface area contributed by atoms with Gasteiger partial charge >= 0.3 is 5.97 Å². The predicted octanol–water partition coefficient (Wildman–Crippen LogP) is 3.04. The number of nitrogens with one attached hydrogen (secondary N) is 1. The van der Waals surface area contributed by atoms with Crippen LogP contribution in [0.2, 0.25) is 0 Å². The minimum Gasteiger partial charge on any atom is -0.478 e. The monoisotopic (exact) mass is 313 g/mol. The highest BCUT2D eigenvalue weighted by Gasteiger charge is 2.57. The first kappa shape index (κ1) is 18.9. The molecule has 22 heavy (non-hydrogen) atoms. The van der Waals surface area contributed by atoms with E-state index in [0.29, 0.717) is 6.42 Å². The molecule has 2 N–H and O–H groups in total. The molecule has 0 heterocycles. The van der Waals surface area contributed by atoms with Crippen molar-refractivity contribution in [2.45, 2.75) is 66.5 Å². The number of hydrogen-bond donors (Lipinski definition) is 2. The van der Waals surface area contributed by atoms with Crippen LogP contribution >= 0.6 is 0 Å². The summed E-state index contributed by atoms with van der Waals surface area (Å²) in [5.41, 5.74) is -2.04. The number of carboxylic acids is 1. The first-order valence-electron chi connectivity index (χ1n) is 8.03. The summed E-state index contributed by atoms with van der Waals surface area (Å²) in [5.74, 6) is -1.81. The van der Waals surface area contributed by atoms with E-state index in [1.54, 1.807) is 0 Å². The number of aliphatic carboxylic acids is 1. The van der Waals surface area contributed by atoms with Gasteiger partial charge in [-0.05, 0) is 23.7 Å². The second-order valence-corrected chi connectivity index (χ2v) is 8.19. The van der Waals surface area contributed by atoms with E-state index in [1.165, 1.54) is 7.11 Å². The van der Waals surface area contributed by atoms with E-state index in [-0.39, 0.29) is 28.6 Å². The van der Waals surface area contributed by atoms with E-state index in [4.69, 9.17) is 4.74 Å². The number of methoxy groups -OCH3 is 1. The summed E-state index contributed by atoms with van der Waals surface area (Å²) in [6, 6.07) is 0. The highest BCUT2D eigenvalue weighted by Crippen LogP contribution is 2.52. The molecular formula is C17H31NO4. The highest BCUT2D eigenvalue weighted by molar-refractivity contribution is 5.89. The van der Waals surface area contributed by atoms with Gasteiger partial charge in [0.1, 0.15) is 0 Å². The third kappa shape index (κ3) is 3.62. The van der Waals surface area contributed by atoms with Crippen LogP contribution in [0.3, 0.4) is 0 Å². The molecule has 0 radical (unpaired) electrons. The van der Waals surface area contributed by atoms with Crippen molar-refractivity contribution >= 4 is 11.9 Å². The van der Waals surface area contributed by atoms with Crippen LogP contribution in [0.1, 0.15) is 60.8 Å². The molecule has 3 unspecified atom stereocenters. The molecule has 0 aromatic carbocycles. The zero-order valence-corrected chi connectivity index (χ0v) is 14.9. The Morgan fingerprint density at radius 1 is 1.36 bits per heavy atom. The number of amides is 1. The summed E-state index contributed by atoms with van der Waals surface area (Å²) >= 11 is 0. The molecule has 1 saturated carbocycles. The van der Waals surface area contributed by atoms with Crippen molar-refractivity contribution in [3.05, 3.63) is 0 Å². The molecule has 5 nitrogen and oxygen atoms in total. The van der Waals surface area contributed by atoms with Crippen LogP contribution in [-0.4, -0.2) is 29.8 Å². The molecule has 3 atom stereocenters. The third-order valence-electron chi connectivity index (χ3n) is 4.89. The summed E-state index contributed by atoms with van der Waals surface area (Å²) in [6.07, 6.45) is 2.27. The van der Waals surface area contributed by atoms with Crippen molar-refractivity contribution in [2.75, 3.05) is 7.11 Å². The van der Waals surface area contributed by atoms with Crippen molar-refractivity contribution in [2.24, 2.45) is 22.7 Å². The smallest absolute Gasteiger partial charge is 0.357 e. The number of rotatable bonds is 7. The van der Waals surface area contributed by atoms with Gasteiger partial charge < -0.3 is 15.2 Å². The van der Waals surface area contributed by atoms with Crippen LogP contribution in [0.5, 0.6) is 0 Å². The fourth-order valence-electron chi connectivity index (χ4n) is 3.29. The SMILES string of the molecule is CCCC(C(C)(C)C)C(NC(=O)C1CC1(C)C)(OC)C(=O)O. The Bertz CT molecular complexity index is 438. The minimum absolute atomic E-state index is 0.0515. The lowest BCUT2D eigenvalue weighted by Crippen LogP contribution is -2.64. The van der Waals surface area contributed by atoms with Gasteiger partial charge in [0.15, 0.2) is 0 Å². The van der Waals surface area contributed by atoms with Gasteiger partial charge in [-0.3, -0.25) is 4.79 Å². The summed E-state index contributed by atoms with van der Waals surface area (Å²) in [5, 5.41) is 12.6. The first-order valence-corrected chi connectivity index (χ1v) is 8.03. The molecule has 0 spiro atoms. The molecule has 0 aromatic rings. The standard InChI is InChI=1S/C17H31NO4/c1-8-9-12(15(2,3)4)17(22-7,14(20)21)18-13(19)11-10-16(11,5)6/h11-12H,8-10H2,1-7H3,(H,18,19)(H,20,21). The Morgan fingerprint density at radius 2 is 1.86 bits per heavy atom. The second kappa shape index (κ2) is 6.19. The molecule has 128 valence electrons. The Hall–Kier alpha value is -1.10. The quantitative estimate of drug-likeness (QED) is 0.708. The molecule has 1 amide bonds.